The molecule has 0 spiro atoms. The molecule has 1 aliphatic rings. The van der Waals surface area contributed by atoms with Gasteiger partial charge in [-0.1, -0.05) is 24.6 Å². The van der Waals surface area contributed by atoms with Gasteiger partial charge in [0, 0.05) is 12.1 Å². The van der Waals surface area contributed by atoms with Crippen molar-refractivity contribution in [3.8, 4) is 0 Å². The van der Waals surface area contributed by atoms with E-state index >= 15 is 0 Å². The molecule has 2 nitrogen and oxygen atoms in total. The molecule has 1 heterocycles. The first-order valence-corrected chi connectivity index (χ1v) is 7.44. The summed E-state index contributed by atoms with van der Waals surface area (Å²) < 4.78 is 38.2. The number of rotatable bonds is 4. The first-order chi connectivity index (χ1) is 9.91. The van der Waals surface area contributed by atoms with Crippen LogP contribution in [0.2, 0.25) is 0 Å². The molecule has 2 atom stereocenters. The molecule has 0 aromatic heterocycles. The molecule has 5 heteroatoms. The number of piperidine rings is 1. The van der Waals surface area contributed by atoms with Crippen LogP contribution >= 0.6 is 0 Å². The Hall–Kier alpha value is -1.07. The SMILES string of the molecule is C[C@@H](Cc1cccc(C(F)(F)F)c1)N1CCCC[C@@H]1CO. The normalized spacial score (nSPS) is 22.2. The Morgan fingerprint density at radius 3 is 2.76 bits per heavy atom. The van der Waals surface area contributed by atoms with Crippen molar-refractivity contribution in [3.63, 3.8) is 0 Å². The fraction of sp³-hybridized carbons (Fsp3) is 0.625. The molecule has 118 valence electrons. The highest BCUT2D eigenvalue weighted by Crippen LogP contribution is 2.30. The Morgan fingerprint density at radius 2 is 2.10 bits per heavy atom. The Bertz CT molecular complexity index is 461. The van der Waals surface area contributed by atoms with Crippen LogP contribution in [0.5, 0.6) is 0 Å². The van der Waals surface area contributed by atoms with E-state index in [9.17, 15) is 18.3 Å². The second kappa shape index (κ2) is 6.79. The molecular weight excluding hydrogens is 279 g/mol. The second-order valence-corrected chi connectivity index (χ2v) is 5.82. The van der Waals surface area contributed by atoms with Crippen molar-refractivity contribution in [1.29, 1.82) is 0 Å². The lowest BCUT2D eigenvalue weighted by atomic mass is 9.97. The van der Waals surface area contributed by atoms with E-state index in [0.717, 1.165) is 31.9 Å². The first-order valence-electron chi connectivity index (χ1n) is 7.44. The number of alkyl halides is 3. The fourth-order valence-electron chi connectivity index (χ4n) is 3.13. The topological polar surface area (TPSA) is 23.5 Å². The van der Waals surface area contributed by atoms with E-state index in [1.54, 1.807) is 6.07 Å². The maximum atomic E-state index is 12.7. The third-order valence-electron chi connectivity index (χ3n) is 4.24. The van der Waals surface area contributed by atoms with E-state index in [2.05, 4.69) is 4.90 Å². The Labute approximate surface area is 123 Å². The van der Waals surface area contributed by atoms with Crippen LogP contribution < -0.4 is 0 Å². The molecule has 0 amide bonds. The monoisotopic (exact) mass is 301 g/mol. The van der Waals surface area contributed by atoms with Crippen LogP contribution in [0.25, 0.3) is 0 Å². The van der Waals surface area contributed by atoms with E-state index < -0.39 is 11.7 Å². The largest absolute Gasteiger partial charge is 0.416 e. The average molecular weight is 301 g/mol. The Balaban J connectivity index is 2.06. The van der Waals surface area contributed by atoms with Gasteiger partial charge in [0.1, 0.15) is 0 Å². The standard InChI is InChI=1S/C16H22F3NO/c1-12(20-8-3-2-7-15(20)11-21)9-13-5-4-6-14(10-13)16(17,18)19/h4-6,10,12,15,21H,2-3,7-9,11H2,1H3/t12-,15+/m0/s1. The zero-order chi connectivity index (χ0) is 15.5. The molecule has 1 aromatic carbocycles. The summed E-state index contributed by atoms with van der Waals surface area (Å²) in [5.74, 6) is 0. The van der Waals surface area contributed by atoms with Gasteiger partial charge in [-0.25, -0.2) is 0 Å². The number of hydrogen-bond acceptors (Lipinski definition) is 2. The smallest absolute Gasteiger partial charge is 0.395 e. The molecule has 1 fully saturated rings. The van der Waals surface area contributed by atoms with Crippen molar-refractivity contribution in [2.75, 3.05) is 13.2 Å². The second-order valence-electron chi connectivity index (χ2n) is 5.82. The molecule has 1 aliphatic heterocycles. The van der Waals surface area contributed by atoms with Gasteiger partial charge in [0.15, 0.2) is 0 Å². The fourth-order valence-corrected chi connectivity index (χ4v) is 3.13. The van der Waals surface area contributed by atoms with E-state index in [4.69, 9.17) is 0 Å². The van der Waals surface area contributed by atoms with Crippen molar-refractivity contribution < 1.29 is 18.3 Å². The van der Waals surface area contributed by atoms with Gasteiger partial charge in [0.25, 0.3) is 0 Å². The van der Waals surface area contributed by atoms with Crippen LogP contribution in [0.4, 0.5) is 13.2 Å². The molecule has 1 N–H and O–H groups in total. The van der Waals surface area contributed by atoms with Crippen molar-refractivity contribution in [2.24, 2.45) is 0 Å². The van der Waals surface area contributed by atoms with Crippen LogP contribution in [0.15, 0.2) is 24.3 Å². The summed E-state index contributed by atoms with van der Waals surface area (Å²) >= 11 is 0. The Morgan fingerprint density at radius 1 is 1.33 bits per heavy atom. The summed E-state index contributed by atoms with van der Waals surface area (Å²) in [7, 11) is 0. The van der Waals surface area contributed by atoms with Crippen LogP contribution in [0.1, 0.15) is 37.3 Å². The summed E-state index contributed by atoms with van der Waals surface area (Å²) in [6.45, 7) is 3.05. The minimum absolute atomic E-state index is 0.118. The predicted octanol–water partition coefficient (Wildman–Crippen LogP) is 3.48. The third-order valence-corrected chi connectivity index (χ3v) is 4.24. The molecule has 2 rings (SSSR count). The lowest BCUT2D eigenvalue weighted by molar-refractivity contribution is -0.137. The molecule has 21 heavy (non-hydrogen) atoms. The summed E-state index contributed by atoms with van der Waals surface area (Å²) in [6.07, 6.45) is -0.566. The molecule has 1 saturated heterocycles. The van der Waals surface area contributed by atoms with E-state index in [-0.39, 0.29) is 18.7 Å². The van der Waals surface area contributed by atoms with Gasteiger partial charge in [-0.05, 0) is 44.4 Å². The maximum Gasteiger partial charge on any atom is 0.416 e. The van der Waals surface area contributed by atoms with Gasteiger partial charge in [-0.3, -0.25) is 4.90 Å². The van der Waals surface area contributed by atoms with Gasteiger partial charge in [0.2, 0.25) is 0 Å². The van der Waals surface area contributed by atoms with Crippen molar-refractivity contribution in [1.82, 2.24) is 4.90 Å². The highest BCUT2D eigenvalue weighted by atomic mass is 19.4. The molecular formula is C16H22F3NO. The van der Waals surface area contributed by atoms with Gasteiger partial charge in [-0.2, -0.15) is 13.2 Å². The summed E-state index contributed by atoms with van der Waals surface area (Å²) in [5, 5.41) is 9.44. The molecule has 0 aliphatic carbocycles. The highest BCUT2D eigenvalue weighted by Gasteiger charge is 2.31. The van der Waals surface area contributed by atoms with Crippen molar-refractivity contribution >= 4 is 0 Å². The Kier molecular flexibility index (Phi) is 5.27. The number of nitrogens with zero attached hydrogens (tertiary/aromatic N) is 1. The summed E-state index contributed by atoms with van der Waals surface area (Å²) in [5.41, 5.74) is 0.101. The zero-order valence-electron chi connectivity index (χ0n) is 12.2. The molecule has 1 aromatic rings. The number of likely N-dealkylation sites (tertiary alicyclic amines) is 1. The zero-order valence-corrected chi connectivity index (χ0v) is 12.2. The number of aliphatic hydroxyl groups excluding tert-OH is 1. The number of aliphatic hydroxyl groups is 1. The lowest BCUT2D eigenvalue weighted by Gasteiger charge is -2.39. The van der Waals surface area contributed by atoms with Gasteiger partial charge in [-0.15, -0.1) is 0 Å². The minimum atomic E-state index is -4.29. The van der Waals surface area contributed by atoms with Crippen LogP contribution in [-0.4, -0.2) is 35.2 Å². The van der Waals surface area contributed by atoms with Crippen LogP contribution in [0.3, 0.4) is 0 Å². The van der Waals surface area contributed by atoms with E-state index in [1.165, 1.54) is 12.1 Å². The van der Waals surface area contributed by atoms with Crippen LogP contribution in [-0.2, 0) is 12.6 Å². The number of benzene rings is 1. The third kappa shape index (κ3) is 4.20. The van der Waals surface area contributed by atoms with Crippen molar-refractivity contribution in [2.45, 2.75) is 50.9 Å². The quantitative estimate of drug-likeness (QED) is 0.920. The predicted molar refractivity (Wildman–Crippen MR) is 76.0 cm³/mol. The van der Waals surface area contributed by atoms with Crippen LogP contribution in [0, 0.1) is 0 Å². The van der Waals surface area contributed by atoms with E-state index in [0.29, 0.717) is 12.0 Å². The van der Waals surface area contributed by atoms with Gasteiger partial charge >= 0.3 is 6.18 Å². The maximum absolute atomic E-state index is 12.7. The van der Waals surface area contributed by atoms with Gasteiger partial charge in [0.05, 0.1) is 12.2 Å². The van der Waals surface area contributed by atoms with Crippen molar-refractivity contribution in [3.05, 3.63) is 35.4 Å². The minimum Gasteiger partial charge on any atom is -0.395 e. The first kappa shape index (κ1) is 16.3. The molecule has 0 bridgehead atoms. The highest BCUT2D eigenvalue weighted by molar-refractivity contribution is 5.26. The lowest BCUT2D eigenvalue weighted by Crippen LogP contribution is -2.47. The molecule has 0 unspecified atom stereocenters. The number of hydrogen-bond donors (Lipinski definition) is 1. The molecule has 0 radical (unpaired) electrons. The van der Waals surface area contributed by atoms with E-state index in [1.807, 2.05) is 6.92 Å². The summed E-state index contributed by atoms with van der Waals surface area (Å²) in [6, 6.07) is 5.80. The van der Waals surface area contributed by atoms with Gasteiger partial charge < -0.3 is 5.11 Å². The summed E-state index contributed by atoms with van der Waals surface area (Å²) in [4.78, 5) is 2.23. The average Bonchev–Trinajstić information content (AvgIpc) is 2.46. The number of halogens is 3. The molecule has 0 saturated carbocycles.